The summed E-state index contributed by atoms with van der Waals surface area (Å²) in [6.45, 7) is 6.21. The number of rotatable bonds is 50. The number of carbonyl (C=O) groups excluding carboxylic acids is 3. The molecule has 0 saturated carbocycles. The van der Waals surface area contributed by atoms with E-state index in [9.17, 15) is 14.4 Å². The van der Waals surface area contributed by atoms with Gasteiger partial charge in [-0.3, -0.25) is 14.4 Å². The fourth-order valence-corrected chi connectivity index (χ4v) is 7.42. The van der Waals surface area contributed by atoms with E-state index in [4.69, 9.17) is 14.2 Å². The lowest BCUT2D eigenvalue weighted by Crippen LogP contribution is -2.30. The lowest BCUT2D eigenvalue weighted by atomic mass is 10.1. The lowest BCUT2D eigenvalue weighted by molar-refractivity contribution is -0.167. The lowest BCUT2D eigenvalue weighted by Gasteiger charge is -2.18. The zero-order valence-corrected chi connectivity index (χ0v) is 46.6. The maximum absolute atomic E-state index is 12.9. The first-order valence-corrected chi connectivity index (χ1v) is 29.1. The third kappa shape index (κ3) is 57.8. The minimum atomic E-state index is -0.815. The van der Waals surface area contributed by atoms with Crippen LogP contribution in [0.5, 0.6) is 0 Å². The number of esters is 3. The molecular formula is C67H104O6. The van der Waals surface area contributed by atoms with Gasteiger partial charge in [0.05, 0.1) is 0 Å². The van der Waals surface area contributed by atoms with Crippen molar-refractivity contribution in [2.24, 2.45) is 0 Å². The summed E-state index contributed by atoms with van der Waals surface area (Å²) in [5.41, 5.74) is 0. The third-order valence-corrected chi connectivity index (χ3v) is 11.7. The fourth-order valence-electron chi connectivity index (χ4n) is 7.42. The van der Waals surface area contributed by atoms with Crippen molar-refractivity contribution in [3.8, 4) is 0 Å². The molecule has 0 bridgehead atoms. The highest BCUT2D eigenvalue weighted by atomic mass is 16.6. The van der Waals surface area contributed by atoms with Crippen LogP contribution in [-0.4, -0.2) is 37.2 Å². The maximum Gasteiger partial charge on any atom is 0.306 e. The van der Waals surface area contributed by atoms with Gasteiger partial charge in [-0.05, 0) is 109 Å². The fraction of sp³-hybridized carbons (Fsp3) is 0.567. The van der Waals surface area contributed by atoms with Gasteiger partial charge in [-0.25, -0.2) is 0 Å². The monoisotopic (exact) mass is 1000 g/mol. The molecule has 0 aromatic carbocycles. The van der Waals surface area contributed by atoms with Crippen LogP contribution in [0.4, 0.5) is 0 Å². The highest BCUT2D eigenvalue weighted by Gasteiger charge is 2.19. The molecule has 0 fully saturated rings. The van der Waals surface area contributed by atoms with Crippen LogP contribution in [0.3, 0.4) is 0 Å². The van der Waals surface area contributed by atoms with Crippen molar-refractivity contribution in [2.45, 2.75) is 232 Å². The molecule has 0 aliphatic heterocycles. The van der Waals surface area contributed by atoms with Crippen molar-refractivity contribution in [1.29, 1.82) is 0 Å². The minimum absolute atomic E-state index is 0.110. The minimum Gasteiger partial charge on any atom is -0.462 e. The highest BCUT2D eigenvalue weighted by molar-refractivity contribution is 5.71. The molecule has 6 heteroatoms. The SMILES string of the molecule is CC\C=C/C=C\C=C/C=C\C=C\C=C/CCCCCC(=O)OCC(COC(=O)CCCCCCCC/C=C\C/C=C\C/C=C\C/C=C\CC)OC(=O)CCCCCCCCCCC/C=C\C/C=C\C/C=C\CC. The van der Waals surface area contributed by atoms with Crippen molar-refractivity contribution in [3.63, 3.8) is 0 Å². The van der Waals surface area contributed by atoms with E-state index in [-0.39, 0.29) is 31.1 Å². The summed E-state index contributed by atoms with van der Waals surface area (Å²) in [6.07, 6.45) is 86.5. The predicted octanol–water partition coefficient (Wildman–Crippen LogP) is 19.8. The summed E-state index contributed by atoms with van der Waals surface area (Å²) >= 11 is 0. The first-order valence-electron chi connectivity index (χ1n) is 29.1. The zero-order chi connectivity index (χ0) is 52.9. The molecule has 0 heterocycles. The molecule has 0 N–H and O–H groups in total. The molecule has 1 unspecified atom stereocenters. The van der Waals surface area contributed by atoms with Gasteiger partial charge in [0.25, 0.3) is 0 Å². The number of allylic oxidation sites excluding steroid dienone is 26. The van der Waals surface area contributed by atoms with Gasteiger partial charge in [0.15, 0.2) is 6.10 Å². The molecule has 408 valence electrons. The first-order chi connectivity index (χ1) is 36.0. The first kappa shape index (κ1) is 68.0. The molecule has 0 saturated heterocycles. The Labute approximate surface area is 448 Å². The quantitative estimate of drug-likeness (QED) is 0.0199. The topological polar surface area (TPSA) is 78.9 Å². The van der Waals surface area contributed by atoms with Gasteiger partial charge < -0.3 is 14.2 Å². The van der Waals surface area contributed by atoms with E-state index in [1.807, 2.05) is 60.8 Å². The van der Waals surface area contributed by atoms with Gasteiger partial charge in [0.2, 0.25) is 0 Å². The van der Waals surface area contributed by atoms with Crippen molar-refractivity contribution in [2.75, 3.05) is 13.2 Å². The summed E-state index contributed by atoms with van der Waals surface area (Å²) in [5, 5.41) is 0. The molecule has 0 radical (unpaired) electrons. The average Bonchev–Trinajstić information content (AvgIpc) is 3.39. The number of hydrogen-bond acceptors (Lipinski definition) is 6. The molecule has 0 spiro atoms. The second-order valence-electron chi connectivity index (χ2n) is 18.6. The molecule has 0 rings (SSSR count). The summed E-state index contributed by atoms with van der Waals surface area (Å²) in [6, 6.07) is 0. The van der Waals surface area contributed by atoms with Gasteiger partial charge >= 0.3 is 17.9 Å². The van der Waals surface area contributed by atoms with Gasteiger partial charge in [-0.1, -0.05) is 256 Å². The molecule has 0 aromatic heterocycles. The standard InChI is InChI=1S/C67H104O6/c1-4-7-10-13-16-19-22-25-28-31-33-36-39-42-45-48-51-54-57-60-66(69)72-63-64(62-71-65(68)59-56-53-50-47-44-41-38-35-30-27-24-21-18-15-12-9-6-3)73-67(70)61-58-55-52-49-46-43-40-37-34-32-29-26-23-20-17-14-11-8-5-2/h7-12,15-21,24-30,33,35-36,38,41,44,64H,4-6,13-14,22-23,31-32,34,37,39-40,42-43,45-63H2,1-3H3/b10-7-,11-8-,12-9-,18-15-,19-16-,20-17-,24-21-,28-25-,29-26-,30-27-,36-33-,38-35+,44-41-. The van der Waals surface area contributed by atoms with Crippen LogP contribution < -0.4 is 0 Å². The van der Waals surface area contributed by atoms with Crippen LogP contribution in [0.2, 0.25) is 0 Å². The van der Waals surface area contributed by atoms with Gasteiger partial charge in [0, 0.05) is 19.3 Å². The van der Waals surface area contributed by atoms with Crippen molar-refractivity contribution in [3.05, 3.63) is 158 Å². The van der Waals surface area contributed by atoms with E-state index >= 15 is 0 Å². The number of carbonyl (C=O) groups is 3. The maximum atomic E-state index is 12.9. The van der Waals surface area contributed by atoms with Gasteiger partial charge in [-0.2, -0.15) is 0 Å². The summed E-state index contributed by atoms with van der Waals surface area (Å²) in [7, 11) is 0. The second kappa shape index (κ2) is 59.6. The zero-order valence-electron chi connectivity index (χ0n) is 46.6. The van der Waals surface area contributed by atoms with Crippen LogP contribution in [0.15, 0.2) is 158 Å². The van der Waals surface area contributed by atoms with Crippen LogP contribution in [0.1, 0.15) is 226 Å². The normalized spacial score (nSPS) is 13.3. The van der Waals surface area contributed by atoms with Crippen molar-refractivity contribution in [1.82, 2.24) is 0 Å². The number of hydrogen-bond donors (Lipinski definition) is 0. The smallest absolute Gasteiger partial charge is 0.306 e. The molecule has 73 heavy (non-hydrogen) atoms. The van der Waals surface area contributed by atoms with E-state index in [1.165, 1.54) is 51.4 Å². The number of unbranched alkanes of at least 4 members (excludes halogenated alkanes) is 18. The Hall–Kier alpha value is -4.97. The van der Waals surface area contributed by atoms with Crippen LogP contribution in [-0.2, 0) is 28.6 Å². The molecule has 0 aromatic rings. The number of ether oxygens (including phenoxy) is 3. The average molecular weight is 1010 g/mol. The largest absolute Gasteiger partial charge is 0.462 e. The van der Waals surface area contributed by atoms with Crippen LogP contribution >= 0.6 is 0 Å². The van der Waals surface area contributed by atoms with Crippen molar-refractivity contribution < 1.29 is 28.6 Å². The molecule has 0 amide bonds. The Bertz CT molecular complexity index is 1670. The second-order valence-corrected chi connectivity index (χ2v) is 18.6. The van der Waals surface area contributed by atoms with E-state index in [2.05, 4.69) is 118 Å². The Morgan fingerprint density at radius 3 is 0.945 bits per heavy atom. The summed E-state index contributed by atoms with van der Waals surface area (Å²) in [4.78, 5) is 38.2. The van der Waals surface area contributed by atoms with Crippen molar-refractivity contribution >= 4 is 17.9 Å². The Morgan fingerprint density at radius 1 is 0.288 bits per heavy atom. The Balaban J connectivity index is 4.53. The van der Waals surface area contributed by atoms with E-state index < -0.39 is 6.10 Å². The Kier molecular flexibility index (Phi) is 55.5. The van der Waals surface area contributed by atoms with Gasteiger partial charge in [-0.15, -0.1) is 0 Å². The highest BCUT2D eigenvalue weighted by Crippen LogP contribution is 2.14. The molecule has 6 nitrogen and oxygen atoms in total. The van der Waals surface area contributed by atoms with Gasteiger partial charge in [0.1, 0.15) is 13.2 Å². The van der Waals surface area contributed by atoms with Crippen LogP contribution in [0.25, 0.3) is 0 Å². The predicted molar refractivity (Wildman–Crippen MR) is 315 cm³/mol. The summed E-state index contributed by atoms with van der Waals surface area (Å²) < 4.78 is 16.8. The molecule has 0 aliphatic rings. The molecule has 0 aliphatic carbocycles. The van der Waals surface area contributed by atoms with E-state index in [0.29, 0.717) is 19.3 Å². The van der Waals surface area contributed by atoms with E-state index in [1.54, 1.807) is 0 Å². The summed E-state index contributed by atoms with van der Waals surface area (Å²) in [5.74, 6) is -0.979. The van der Waals surface area contributed by atoms with E-state index in [0.717, 1.165) is 135 Å². The molecular weight excluding hydrogens is 901 g/mol. The third-order valence-electron chi connectivity index (χ3n) is 11.7. The Morgan fingerprint density at radius 2 is 0.562 bits per heavy atom. The molecule has 1 atom stereocenters. The van der Waals surface area contributed by atoms with Crippen LogP contribution in [0, 0.1) is 0 Å².